The van der Waals surface area contributed by atoms with E-state index in [0.717, 1.165) is 0 Å². The van der Waals surface area contributed by atoms with E-state index >= 15 is 0 Å². The molecule has 0 rings (SSSR count). The van der Waals surface area contributed by atoms with Crippen molar-refractivity contribution in [3.8, 4) is 0 Å². The SMILES string of the molecule is C=C(C)C(=O)O.C=C(C)C(=O)O.C=C(C)C(=O)O.CCC.CCC(CO)(CO)CO. The number of aliphatic hydroxyl groups excluding tert-OH is 3. The zero-order chi connectivity index (χ0) is 25.5. The predicted octanol–water partition coefficient (Wildman–Crippen LogP) is 2.72. The van der Waals surface area contributed by atoms with E-state index in [1.165, 1.54) is 27.2 Å². The summed E-state index contributed by atoms with van der Waals surface area (Å²) in [7, 11) is 0. The maximum atomic E-state index is 9.60. The summed E-state index contributed by atoms with van der Waals surface area (Å²) in [5.74, 6) is -2.81. The van der Waals surface area contributed by atoms with Crippen LogP contribution in [0.15, 0.2) is 36.5 Å². The summed E-state index contributed by atoms with van der Waals surface area (Å²) in [5, 5.41) is 49.6. The van der Waals surface area contributed by atoms with Crippen LogP contribution in [0.1, 0.15) is 54.4 Å². The van der Waals surface area contributed by atoms with E-state index in [-0.39, 0.29) is 36.5 Å². The van der Waals surface area contributed by atoms with Gasteiger partial charge in [0.2, 0.25) is 0 Å². The summed E-state index contributed by atoms with van der Waals surface area (Å²) >= 11 is 0. The minimum atomic E-state index is -0.935. The lowest BCUT2D eigenvalue weighted by molar-refractivity contribution is -0.133. The molecule has 0 aliphatic heterocycles. The Morgan fingerprint density at radius 1 is 0.633 bits per heavy atom. The number of aliphatic hydroxyl groups is 3. The third-order valence-electron chi connectivity index (χ3n) is 2.85. The van der Waals surface area contributed by atoms with Crippen molar-refractivity contribution in [2.75, 3.05) is 19.8 Å². The van der Waals surface area contributed by atoms with Crippen LogP contribution in [0.4, 0.5) is 0 Å². The first-order valence-electron chi connectivity index (χ1n) is 9.08. The molecule has 0 atom stereocenters. The van der Waals surface area contributed by atoms with Gasteiger partial charge in [-0.25, -0.2) is 14.4 Å². The molecule has 0 saturated carbocycles. The quantitative estimate of drug-likeness (QED) is 0.328. The van der Waals surface area contributed by atoms with Crippen LogP contribution >= 0.6 is 0 Å². The second-order valence-corrected chi connectivity index (χ2v) is 6.29. The summed E-state index contributed by atoms with van der Waals surface area (Å²) in [6.45, 7) is 19.4. The molecule has 0 radical (unpaired) electrons. The lowest BCUT2D eigenvalue weighted by Gasteiger charge is -2.24. The molecule has 0 aromatic carbocycles. The fourth-order valence-corrected chi connectivity index (χ4v) is 0.485. The van der Waals surface area contributed by atoms with Gasteiger partial charge in [-0.15, -0.1) is 0 Å². The Kier molecular flexibility index (Phi) is 31.2. The molecule has 0 aromatic rings. The minimum absolute atomic E-state index is 0.156. The van der Waals surface area contributed by atoms with Crippen LogP contribution < -0.4 is 0 Å². The second kappa shape index (κ2) is 24.5. The first kappa shape index (κ1) is 38.2. The highest BCUT2D eigenvalue weighted by Crippen LogP contribution is 2.18. The highest BCUT2D eigenvalue weighted by molar-refractivity contribution is 5.85. The number of carboxylic acids is 3. The van der Waals surface area contributed by atoms with E-state index < -0.39 is 23.3 Å². The maximum absolute atomic E-state index is 9.60. The highest BCUT2D eigenvalue weighted by Gasteiger charge is 2.24. The van der Waals surface area contributed by atoms with Gasteiger partial charge in [-0.1, -0.05) is 46.9 Å². The van der Waals surface area contributed by atoms with E-state index in [9.17, 15) is 14.4 Å². The Balaban J connectivity index is -0.0000000900. The topological polar surface area (TPSA) is 173 Å². The Hall–Kier alpha value is -2.49. The number of hydrogen-bond acceptors (Lipinski definition) is 6. The zero-order valence-electron chi connectivity index (χ0n) is 19.1. The first-order chi connectivity index (χ1) is 13.6. The number of carbonyl (C=O) groups is 3. The normalized spacial score (nSPS) is 8.70. The molecule has 9 nitrogen and oxygen atoms in total. The predicted molar refractivity (Wildman–Crippen MR) is 117 cm³/mol. The molecule has 0 saturated heterocycles. The molecule has 9 heteroatoms. The first-order valence-corrected chi connectivity index (χ1v) is 9.08. The van der Waals surface area contributed by atoms with E-state index in [1.54, 1.807) is 0 Å². The van der Waals surface area contributed by atoms with Crippen LogP contribution in [0.25, 0.3) is 0 Å². The Morgan fingerprint density at radius 2 is 0.767 bits per heavy atom. The van der Waals surface area contributed by atoms with Crippen LogP contribution in [0.5, 0.6) is 0 Å². The molecule has 0 spiro atoms. The number of rotatable bonds is 7. The van der Waals surface area contributed by atoms with Gasteiger partial charge in [0.15, 0.2) is 0 Å². The van der Waals surface area contributed by atoms with Crippen molar-refractivity contribution in [2.45, 2.75) is 54.4 Å². The molecule has 0 fully saturated rings. The van der Waals surface area contributed by atoms with Crippen molar-refractivity contribution < 1.29 is 45.0 Å². The van der Waals surface area contributed by atoms with Gasteiger partial charge < -0.3 is 30.6 Å². The largest absolute Gasteiger partial charge is 0.478 e. The van der Waals surface area contributed by atoms with Gasteiger partial charge in [0, 0.05) is 22.1 Å². The van der Waals surface area contributed by atoms with Gasteiger partial charge >= 0.3 is 17.9 Å². The molecule has 0 heterocycles. The average Bonchev–Trinajstić information content (AvgIpc) is 2.66. The van der Waals surface area contributed by atoms with E-state index in [2.05, 4.69) is 33.6 Å². The van der Waals surface area contributed by atoms with Gasteiger partial charge in [-0.3, -0.25) is 0 Å². The van der Waals surface area contributed by atoms with Gasteiger partial charge in [0.05, 0.1) is 19.8 Å². The fraction of sp³-hybridized carbons (Fsp3) is 0.571. The Labute approximate surface area is 179 Å². The molecule has 0 aromatic heterocycles. The van der Waals surface area contributed by atoms with Crippen molar-refractivity contribution in [1.82, 2.24) is 0 Å². The third-order valence-corrected chi connectivity index (χ3v) is 2.85. The summed E-state index contributed by atoms with van der Waals surface area (Å²) in [4.78, 5) is 28.8. The molecular weight excluding hydrogens is 396 g/mol. The van der Waals surface area contributed by atoms with Gasteiger partial charge in [0.25, 0.3) is 0 Å². The standard InChI is InChI=1S/C6H14O3.3C4H6O2.C3H8/c1-2-6(3-7,4-8)5-9;3*1-3(2)4(5)6;1-3-2/h7-9H,2-5H2,1H3;3*1H2,2H3,(H,5,6);3H2,1-2H3. The highest BCUT2D eigenvalue weighted by atomic mass is 16.4. The van der Waals surface area contributed by atoms with E-state index in [4.69, 9.17) is 30.6 Å². The number of hydrogen-bond donors (Lipinski definition) is 6. The average molecular weight is 437 g/mol. The summed E-state index contributed by atoms with van der Waals surface area (Å²) in [6, 6.07) is 0. The van der Waals surface area contributed by atoms with Crippen molar-refractivity contribution in [2.24, 2.45) is 5.41 Å². The summed E-state index contributed by atoms with van der Waals surface area (Å²) in [6.07, 6.45) is 1.84. The van der Waals surface area contributed by atoms with Crippen LogP contribution in [-0.4, -0.2) is 68.4 Å². The van der Waals surface area contributed by atoms with Gasteiger partial charge in [0.1, 0.15) is 0 Å². The molecule has 178 valence electrons. The van der Waals surface area contributed by atoms with Crippen molar-refractivity contribution >= 4 is 17.9 Å². The number of carboxylic acid groups (broad SMARTS) is 3. The molecule has 0 aliphatic rings. The lowest BCUT2D eigenvalue weighted by Crippen LogP contribution is -2.32. The second-order valence-electron chi connectivity index (χ2n) is 6.29. The maximum Gasteiger partial charge on any atom is 0.330 e. The zero-order valence-corrected chi connectivity index (χ0v) is 19.1. The van der Waals surface area contributed by atoms with Crippen LogP contribution in [0, 0.1) is 5.41 Å². The summed E-state index contributed by atoms with van der Waals surface area (Å²) in [5.41, 5.74) is -0.139. The lowest BCUT2D eigenvalue weighted by atomic mass is 9.88. The van der Waals surface area contributed by atoms with Crippen molar-refractivity contribution in [1.29, 1.82) is 0 Å². The van der Waals surface area contributed by atoms with Gasteiger partial charge in [-0.05, 0) is 27.2 Å². The van der Waals surface area contributed by atoms with Crippen LogP contribution in [-0.2, 0) is 14.4 Å². The van der Waals surface area contributed by atoms with E-state index in [0.29, 0.717) is 6.42 Å². The minimum Gasteiger partial charge on any atom is -0.478 e. The molecular formula is C21H40O9. The molecule has 0 bridgehead atoms. The Morgan fingerprint density at radius 3 is 0.767 bits per heavy atom. The molecule has 0 amide bonds. The molecule has 30 heavy (non-hydrogen) atoms. The molecule has 0 aliphatic carbocycles. The molecule has 0 unspecified atom stereocenters. The van der Waals surface area contributed by atoms with Crippen LogP contribution in [0.2, 0.25) is 0 Å². The van der Waals surface area contributed by atoms with Crippen LogP contribution in [0.3, 0.4) is 0 Å². The third kappa shape index (κ3) is 33.1. The van der Waals surface area contributed by atoms with Gasteiger partial charge in [-0.2, -0.15) is 0 Å². The number of aliphatic carboxylic acids is 3. The Bertz CT molecular complexity index is 408. The monoisotopic (exact) mass is 436 g/mol. The van der Waals surface area contributed by atoms with E-state index in [1.807, 2.05) is 6.92 Å². The van der Waals surface area contributed by atoms with Crippen molar-refractivity contribution in [3.63, 3.8) is 0 Å². The van der Waals surface area contributed by atoms with Crippen molar-refractivity contribution in [3.05, 3.63) is 36.5 Å². The fourth-order valence-electron chi connectivity index (χ4n) is 0.485. The smallest absolute Gasteiger partial charge is 0.330 e. The summed E-state index contributed by atoms with van der Waals surface area (Å²) < 4.78 is 0. The molecule has 6 N–H and O–H groups in total.